The molecule has 172 valence electrons. The molecular formula is C23H26BrN7O2. The van der Waals surface area contributed by atoms with Gasteiger partial charge in [0, 0.05) is 35.4 Å². The van der Waals surface area contributed by atoms with Crippen molar-refractivity contribution in [2.45, 2.75) is 18.9 Å². The van der Waals surface area contributed by atoms with Gasteiger partial charge in [-0.25, -0.2) is 4.98 Å². The first-order valence-corrected chi connectivity index (χ1v) is 11.8. The Bertz CT molecular complexity index is 1230. The van der Waals surface area contributed by atoms with E-state index in [1.165, 1.54) is 0 Å². The van der Waals surface area contributed by atoms with Crippen LogP contribution in [0.25, 0.3) is 22.4 Å². The van der Waals surface area contributed by atoms with Crippen LogP contribution in [0.2, 0.25) is 0 Å². The molecule has 2 aliphatic rings. The summed E-state index contributed by atoms with van der Waals surface area (Å²) >= 11 is 3.54. The number of nitrogens with one attached hydrogen (secondary N) is 1. The van der Waals surface area contributed by atoms with Crippen LogP contribution >= 0.6 is 15.9 Å². The van der Waals surface area contributed by atoms with Crippen LogP contribution in [0.15, 0.2) is 45.9 Å². The van der Waals surface area contributed by atoms with Crippen LogP contribution in [-0.2, 0) is 9.53 Å². The number of nitrogens with zero attached hydrogens (tertiary/aromatic N) is 4. The van der Waals surface area contributed by atoms with E-state index in [1.807, 2.05) is 30.3 Å². The van der Waals surface area contributed by atoms with Crippen molar-refractivity contribution in [2.75, 3.05) is 43.1 Å². The first-order valence-electron chi connectivity index (χ1n) is 11.0. The largest absolute Gasteiger partial charge is 0.378 e. The smallest absolute Gasteiger partial charge is 0.247 e. The summed E-state index contributed by atoms with van der Waals surface area (Å²) < 4.78 is 8.51. The summed E-state index contributed by atoms with van der Waals surface area (Å²) in [6.45, 7) is 3.55. The van der Waals surface area contributed by atoms with Crippen molar-refractivity contribution in [3.05, 3.63) is 40.9 Å². The first-order chi connectivity index (χ1) is 16.0. The maximum Gasteiger partial charge on any atom is 0.247 e. The van der Waals surface area contributed by atoms with E-state index < -0.39 is 6.04 Å². The van der Waals surface area contributed by atoms with Crippen LogP contribution in [0, 0.1) is 0 Å². The van der Waals surface area contributed by atoms with Gasteiger partial charge < -0.3 is 31.0 Å². The Morgan fingerprint density at radius 3 is 2.82 bits per heavy atom. The molecule has 0 spiro atoms. The van der Waals surface area contributed by atoms with Crippen molar-refractivity contribution in [2.24, 2.45) is 16.5 Å². The number of imidazole rings is 1. The molecule has 9 nitrogen and oxygen atoms in total. The van der Waals surface area contributed by atoms with Crippen LogP contribution in [0.3, 0.4) is 0 Å². The Morgan fingerprint density at radius 1 is 1.21 bits per heavy atom. The number of guanidine groups is 1. The molecule has 1 fully saturated rings. The van der Waals surface area contributed by atoms with E-state index in [2.05, 4.69) is 41.8 Å². The van der Waals surface area contributed by atoms with Crippen molar-refractivity contribution in [3.63, 3.8) is 0 Å². The zero-order valence-corrected chi connectivity index (χ0v) is 19.7. The zero-order valence-electron chi connectivity index (χ0n) is 18.1. The number of nitrogens with two attached hydrogens (primary N) is 2. The number of anilines is 2. The van der Waals surface area contributed by atoms with Crippen molar-refractivity contribution < 1.29 is 9.53 Å². The van der Waals surface area contributed by atoms with Crippen LogP contribution < -0.4 is 21.7 Å². The van der Waals surface area contributed by atoms with Crippen molar-refractivity contribution >= 4 is 50.2 Å². The number of hydrogen-bond acceptors (Lipinski definition) is 5. The molecule has 2 aliphatic heterocycles. The second-order valence-electron chi connectivity index (χ2n) is 8.22. The molecule has 5 rings (SSSR count). The Hall–Kier alpha value is -3.11. The Kier molecular flexibility index (Phi) is 5.94. The fourth-order valence-corrected chi connectivity index (χ4v) is 4.86. The van der Waals surface area contributed by atoms with Gasteiger partial charge in [0.2, 0.25) is 5.91 Å². The van der Waals surface area contributed by atoms with Crippen molar-refractivity contribution in [3.8, 4) is 11.4 Å². The van der Waals surface area contributed by atoms with Crippen LogP contribution in [0.4, 0.5) is 11.4 Å². The molecular weight excluding hydrogens is 486 g/mol. The first kappa shape index (κ1) is 21.7. The predicted molar refractivity (Wildman–Crippen MR) is 133 cm³/mol. The Balaban J connectivity index is 1.61. The lowest BCUT2D eigenvalue weighted by molar-refractivity contribution is -0.119. The highest BCUT2D eigenvalue weighted by Gasteiger charge is 2.31. The number of rotatable bonds is 5. The Morgan fingerprint density at radius 2 is 2.03 bits per heavy atom. The lowest BCUT2D eigenvalue weighted by atomic mass is 10.1. The number of carbonyl (C=O) groups is 1. The third kappa shape index (κ3) is 4.28. The number of benzene rings is 2. The molecule has 2 aromatic carbocycles. The third-order valence-electron chi connectivity index (χ3n) is 6.07. The Labute approximate surface area is 199 Å². The number of amides is 1. The number of morpholine rings is 1. The van der Waals surface area contributed by atoms with Gasteiger partial charge >= 0.3 is 0 Å². The quantitative estimate of drug-likeness (QED) is 0.275. The van der Waals surface area contributed by atoms with E-state index in [9.17, 15) is 4.79 Å². The van der Waals surface area contributed by atoms with Crippen molar-refractivity contribution in [1.29, 1.82) is 0 Å². The molecule has 3 heterocycles. The SMILES string of the molecule is NC(N)=NCCCC1C(=O)Nc2ccc(N3CCOCC3)cc2-c2nc3cc(Br)ccc3n21. The van der Waals surface area contributed by atoms with Gasteiger partial charge in [0.15, 0.2) is 5.96 Å². The number of hydrogen-bond donors (Lipinski definition) is 3. The molecule has 33 heavy (non-hydrogen) atoms. The number of halogens is 1. The highest BCUT2D eigenvalue weighted by Crippen LogP contribution is 2.40. The molecule has 0 saturated carbocycles. The highest BCUT2D eigenvalue weighted by molar-refractivity contribution is 9.10. The van der Waals surface area contributed by atoms with Gasteiger partial charge in [-0.1, -0.05) is 15.9 Å². The minimum Gasteiger partial charge on any atom is -0.378 e. The van der Waals surface area contributed by atoms with Crippen LogP contribution in [0.5, 0.6) is 0 Å². The predicted octanol–water partition coefficient (Wildman–Crippen LogP) is 2.85. The summed E-state index contributed by atoms with van der Waals surface area (Å²) in [6.07, 6.45) is 1.25. The monoisotopic (exact) mass is 511 g/mol. The van der Waals surface area contributed by atoms with Gasteiger partial charge in [0.1, 0.15) is 11.9 Å². The number of ether oxygens (including phenoxy) is 1. The summed E-state index contributed by atoms with van der Waals surface area (Å²) in [7, 11) is 0. The van der Waals surface area contributed by atoms with E-state index in [1.54, 1.807) is 0 Å². The van der Waals surface area contributed by atoms with E-state index >= 15 is 0 Å². The summed E-state index contributed by atoms with van der Waals surface area (Å²) in [5.74, 6) is 0.765. The van der Waals surface area contributed by atoms with Gasteiger partial charge in [-0.3, -0.25) is 9.79 Å². The molecule has 0 aliphatic carbocycles. The maximum atomic E-state index is 13.4. The van der Waals surface area contributed by atoms with Crippen LogP contribution in [0.1, 0.15) is 18.9 Å². The number of fused-ring (bicyclic) bond motifs is 5. The van der Waals surface area contributed by atoms with Gasteiger partial charge in [-0.15, -0.1) is 0 Å². The normalized spacial score (nSPS) is 17.8. The minimum absolute atomic E-state index is 0.0574. The summed E-state index contributed by atoms with van der Waals surface area (Å²) in [5, 5.41) is 3.12. The molecule has 10 heteroatoms. The molecule has 5 N–H and O–H groups in total. The standard InChI is InChI=1S/C23H26BrN7O2/c24-14-3-6-19-18(12-14)28-21-16-13-15(30-8-10-33-11-9-30)4-5-17(16)29-22(32)20(31(19)21)2-1-7-27-23(25)26/h3-6,12-13,20H,1-2,7-11H2,(H,29,32)(H4,25,26,27). The second-order valence-corrected chi connectivity index (χ2v) is 9.14. The van der Waals surface area contributed by atoms with Crippen LogP contribution in [-0.4, -0.2) is 54.3 Å². The number of aliphatic imine (C=N–C) groups is 1. The summed E-state index contributed by atoms with van der Waals surface area (Å²) in [5.41, 5.74) is 15.4. The molecule has 1 unspecified atom stereocenters. The lowest BCUT2D eigenvalue weighted by Gasteiger charge is -2.29. The molecule has 3 aromatic rings. The van der Waals surface area contributed by atoms with E-state index in [0.717, 1.165) is 51.4 Å². The zero-order chi connectivity index (χ0) is 22.9. The van der Waals surface area contributed by atoms with Gasteiger partial charge in [0.25, 0.3) is 0 Å². The molecule has 1 atom stereocenters. The lowest BCUT2D eigenvalue weighted by Crippen LogP contribution is -2.36. The number of aromatic nitrogens is 2. The van der Waals surface area contributed by atoms with E-state index in [-0.39, 0.29) is 11.9 Å². The second kappa shape index (κ2) is 9.03. The molecule has 1 amide bonds. The van der Waals surface area contributed by atoms with Gasteiger partial charge in [0.05, 0.1) is 29.9 Å². The molecule has 1 aromatic heterocycles. The fraction of sp³-hybridized carbons (Fsp3) is 0.348. The van der Waals surface area contributed by atoms with Gasteiger partial charge in [-0.05, 0) is 49.2 Å². The van der Waals surface area contributed by atoms with E-state index in [0.29, 0.717) is 32.6 Å². The number of carbonyl (C=O) groups excluding carboxylic acids is 1. The fourth-order valence-electron chi connectivity index (χ4n) is 4.51. The topological polar surface area (TPSA) is 124 Å². The molecule has 0 bridgehead atoms. The summed E-state index contributed by atoms with van der Waals surface area (Å²) in [4.78, 5) is 24.7. The molecule has 0 radical (unpaired) electrons. The summed E-state index contributed by atoms with van der Waals surface area (Å²) in [6, 6.07) is 11.7. The highest BCUT2D eigenvalue weighted by atomic mass is 79.9. The average molecular weight is 512 g/mol. The van der Waals surface area contributed by atoms with E-state index in [4.69, 9.17) is 21.2 Å². The van der Waals surface area contributed by atoms with Crippen molar-refractivity contribution in [1.82, 2.24) is 9.55 Å². The molecule has 1 saturated heterocycles. The minimum atomic E-state index is -0.431. The maximum absolute atomic E-state index is 13.4. The van der Waals surface area contributed by atoms with Gasteiger partial charge in [-0.2, -0.15) is 0 Å². The third-order valence-corrected chi connectivity index (χ3v) is 6.57. The average Bonchev–Trinajstić information content (AvgIpc) is 3.12.